The molecule has 2 saturated carbocycles. The molecule has 1 aliphatic heterocycles. The molecule has 1 saturated heterocycles. The van der Waals surface area contributed by atoms with Crippen molar-refractivity contribution in [3.8, 4) is 0 Å². The fourth-order valence-corrected chi connectivity index (χ4v) is 5.33. The van der Waals surface area contributed by atoms with Crippen molar-refractivity contribution < 1.29 is 4.79 Å². The number of fused-ring (bicyclic) bond motifs is 2. The van der Waals surface area contributed by atoms with E-state index in [-0.39, 0.29) is 5.91 Å². The predicted molar refractivity (Wildman–Crippen MR) is 96.6 cm³/mol. The van der Waals surface area contributed by atoms with Crippen LogP contribution in [-0.2, 0) is 4.79 Å². The Hall–Kier alpha value is -1.35. The Kier molecular flexibility index (Phi) is 4.88. The molecule has 2 aliphatic carbocycles. The summed E-state index contributed by atoms with van der Waals surface area (Å²) in [5, 5.41) is 3.26. The van der Waals surface area contributed by atoms with E-state index in [0.29, 0.717) is 12.0 Å². The molecule has 0 aromatic heterocycles. The van der Waals surface area contributed by atoms with Gasteiger partial charge in [-0.1, -0.05) is 36.8 Å². The third kappa shape index (κ3) is 3.51. The molecule has 3 nitrogen and oxygen atoms in total. The SMILES string of the molecule is O=C(CC1CC2CCC1C2)NCC(c1ccccc1)N1CCCC1. The Bertz CT molecular complexity index is 552. The highest BCUT2D eigenvalue weighted by Crippen LogP contribution is 2.49. The van der Waals surface area contributed by atoms with Crippen molar-refractivity contribution in [2.45, 2.75) is 51.0 Å². The molecule has 1 aromatic carbocycles. The van der Waals surface area contributed by atoms with Crippen LogP contribution in [0.5, 0.6) is 0 Å². The maximum absolute atomic E-state index is 12.5. The lowest BCUT2D eigenvalue weighted by Crippen LogP contribution is -2.37. The smallest absolute Gasteiger partial charge is 0.220 e. The molecule has 1 heterocycles. The quantitative estimate of drug-likeness (QED) is 0.863. The standard InChI is InChI=1S/C21H30N2O/c24-21(14-19-13-16-8-9-18(19)12-16)22-15-20(23-10-4-5-11-23)17-6-2-1-3-7-17/h1-3,6-7,16,18-20H,4-5,8-15H2,(H,22,24). The van der Waals surface area contributed by atoms with Crippen LogP contribution in [0.1, 0.15) is 56.6 Å². The van der Waals surface area contributed by atoms with Crippen molar-refractivity contribution in [1.29, 1.82) is 0 Å². The van der Waals surface area contributed by atoms with E-state index in [2.05, 4.69) is 40.5 Å². The minimum atomic E-state index is 0.271. The highest BCUT2D eigenvalue weighted by atomic mass is 16.1. The predicted octanol–water partition coefficient (Wildman–Crippen LogP) is 3.77. The number of hydrogen-bond donors (Lipinski definition) is 1. The first kappa shape index (κ1) is 16.1. The van der Waals surface area contributed by atoms with Crippen LogP contribution >= 0.6 is 0 Å². The molecule has 4 atom stereocenters. The Balaban J connectivity index is 1.33. The largest absolute Gasteiger partial charge is 0.354 e. The Morgan fingerprint density at radius 1 is 1.12 bits per heavy atom. The molecule has 0 radical (unpaired) electrons. The molecule has 3 heteroatoms. The highest BCUT2D eigenvalue weighted by Gasteiger charge is 2.40. The fraction of sp³-hybridized carbons (Fsp3) is 0.667. The lowest BCUT2D eigenvalue weighted by molar-refractivity contribution is -0.122. The lowest BCUT2D eigenvalue weighted by Gasteiger charge is -2.29. The Morgan fingerprint density at radius 2 is 1.92 bits per heavy atom. The molecule has 1 N–H and O–H groups in total. The summed E-state index contributed by atoms with van der Waals surface area (Å²) in [6.07, 6.45) is 8.77. The molecule has 4 rings (SSSR count). The molecular weight excluding hydrogens is 296 g/mol. The molecule has 1 amide bonds. The number of likely N-dealkylation sites (tertiary alicyclic amines) is 1. The third-order valence-corrected chi connectivity index (χ3v) is 6.59. The van der Waals surface area contributed by atoms with Crippen LogP contribution in [0.4, 0.5) is 0 Å². The van der Waals surface area contributed by atoms with Crippen LogP contribution < -0.4 is 5.32 Å². The average Bonchev–Trinajstić information content (AvgIpc) is 3.34. The van der Waals surface area contributed by atoms with Crippen molar-refractivity contribution in [2.24, 2.45) is 17.8 Å². The number of carbonyl (C=O) groups is 1. The van der Waals surface area contributed by atoms with Crippen LogP contribution in [0.2, 0.25) is 0 Å². The van der Waals surface area contributed by atoms with E-state index in [9.17, 15) is 4.79 Å². The van der Waals surface area contributed by atoms with Gasteiger partial charge in [0.2, 0.25) is 5.91 Å². The van der Waals surface area contributed by atoms with E-state index < -0.39 is 0 Å². The van der Waals surface area contributed by atoms with Gasteiger partial charge in [0, 0.05) is 13.0 Å². The van der Waals surface area contributed by atoms with Crippen LogP contribution in [0.15, 0.2) is 30.3 Å². The van der Waals surface area contributed by atoms with Gasteiger partial charge in [0.05, 0.1) is 6.04 Å². The number of carbonyl (C=O) groups excluding carboxylic acids is 1. The van der Waals surface area contributed by atoms with Crippen LogP contribution in [0, 0.1) is 17.8 Å². The number of amides is 1. The van der Waals surface area contributed by atoms with Gasteiger partial charge in [-0.05, 0) is 68.5 Å². The Morgan fingerprint density at radius 3 is 2.58 bits per heavy atom. The average molecular weight is 326 g/mol. The normalized spacial score (nSPS) is 30.6. The molecule has 3 aliphatic rings. The zero-order chi connectivity index (χ0) is 16.4. The summed E-state index contributed by atoms with van der Waals surface area (Å²) in [5.41, 5.74) is 1.33. The topological polar surface area (TPSA) is 32.3 Å². The van der Waals surface area contributed by atoms with Crippen molar-refractivity contribution in [2.75, 3.05) is 19.6 Å². The van der Waals surface area contributed by atoms with E-state index in [1.54, 1.807) is 0 Å². The highest BCUT2D eigenvalue weighted by molar-refractivity contribution is 5.76. The maximum atomic E-state index is 12.5. The molecule has 4 unspecified atom stereocenters. The molecule has 130 valence electrons. The van der Waals surface area contributed by atoms with Crippen molar-refractivity contribution in [3.05, 3.63) is 35.9 Å². The van der Waals surface area contributed by atoms with Crippen molar-refractivity contribution in [3.63, 3.8) is 0 Å². The zero-order valence-corrected chi connectivity index (χ0v) is 14.6. The van der Waals surface area contributed by atoms with Gasteiger partial charge in [0.15, 0.2) is 0 Å². The summed E-state index contributed by atoms with van der Waals surface area (Å²) in [4.78, 5) is 15.0. The number of hydrogen-bond acceptors (Lipinski definition) is 2. The first-order valence-electron chi connectivity index (χ1n) is 9.85. The maximum Gasteiger partial charge on any atom is 0.220 e. The molecule has 1 aromatic rings. The van der Waals surface area contributed by atoms with Gasteiger partial charge < -0.3 is 5.32 Å². The summed E-state index contributed by atoms with van der Waals surface area (Å²) in [5.74, 6) is 2.69. The van der Waals surface area contributed by atoms with Crippen molar-refractivity contribution >= 4 is 5.91 Å². The van der Waals surface area contributed by atoms with Crippen molar-refractivity contribution in [1.82, 2.24) is 10.2 Å². The minimum Gasteiger partial charge on any atom is -0.354 e. The van der Waals surface area contributed by atoms with Gasteiger partial charge in [0.1, 0.15) is 0 Å². The van der Waals surface area contributed by atoms with E-state index >= 15 is 0 Å². The summed E-state index contributed by atoms with van der Waals surface area (Å²) in [6.45, 7) is 3.06. The number of rotatable bonds is 6. The first-order valence-corrected chi connectivity index (χ1v) is 9.85. The summed E-state index contributed by atoms with van der Waals surface area (Å²) in [6, 6.07) is 11.0. The first-order chi connectivity index (χ1) is 11.8. The van der Waals surface area contributed by atoms with Crippen LogP contribution in [-0.4, -0.2) is 30.4 Å². The molecule has 3 fully saturated rings. The summed E-state index contributed by atoms with van der Waals surface area (Å²) in [7, 11) is 0. The summed E-state index contributed by atoms with van der Waals surface area (Å²) < 4.78 is 0. The van der Waals surface area contributed by atoms with E-state index in [1.165, 1.54) is 44.1 Å². The van der Waals surface area contributed by atoms with Gasteiger partial charge in [-0.3, -0.25) is 9.69 Å². The lowest BCUT2D eigenvalue weighted by atomic mass is 9.86. The molecular formula is C21H30N2O. The molecule has 24 heavy (non-hydrogen) atoms. The van der Waals surface area contributed by atoms with Gasteiger partial charge >= 0.3 is 0 Å². The minimum absolute atomic E-state index is 0.271. The molecule has 0 spiro atoms. The van der Waals surface area contributed by atoms with Gasteiger partial charge in [-0.15, -0.1) is 0 Å². The number of nitrogens with one attached hydrogen (secondary N) is 1. The third-order valence-electron chi connectivity index (χ3n) is 6.59. The second-order valence-corrected chi connectivity index (χ2v) is 8.11. The Labute approximate surface area is 145 Å². The number of nitrogens with zero attached hydrogens (tertiary/aromatic N) is 1. The fourth-order valence-electron chi connectivity index (χ4n) is 5.33. The van der Waals surface area contributed by atoms with Gasteiger partial charge in [0.25, 0.3) is 0 Å². The number of benzene rings is 1. The monoisotopic (exact) mass is 326 g/mol. The van der Waals surface area contributed by atoms with Crippen LogP contribution in [0.3, 0.4) is 0 Å². The van der Waals surface area contributed by atoms with E-state index in [4.69, 9.17) is 0 Å². The van der Waals surface area contributed by atoms with E-state index in [0.717, 1.165) is 37.9 Å². The molecule has 2 bridgehead atoms. The zero-order valence-electron chi connectivity index (χ0n) is 14.6. The second-order valence-electron chi connectivity index (χ2n) is 8.11. The van der Waals surface area contributed by atoms with Crippen LogP contribution in [0.25, 0.3) is 0 Å². The van der Waals surface area contributed by atoms with Gasteiger partial charge in [-0.2, -0.15) is 0 Å². The second kappa shape index (κ2) is 7.26. The van der Waals surface area contributed by atoms with E-state index in [1.807, 2.05) is 0 Å². The van der Waals surface area contributed by atoms with Gasteiger partial charge in [-0.25, -0.2) is 0 Å². The summed E-state index contributed by atoms with van der Waals surface area (Å²) >= 11 is 0.